The molecule has 0 spiro atoms. The van der Waals surface area contributed by atoms with Gasteiger partial charge in [-0.05, 0) is 63.6 Å². The Hall–Kier alpha value is -0.0800. The van der Waals surface area contributed by atoms with Gasteiger partial charge < -0.3 is 10.2 Å². The van der Waals surface area contributed by atoms with E-state index in [4.69, 9.17) is 0 Å². The average Bonchev–Trinajstić information content (AvgIpc) is 2.94. The summed E-state index contributed by atoms with van der Waals surface area (Å²) in [6.07, 6.45) is 10.1. The van der Waals surface area contributed by atoms with Crippen LogP contribution < -0.4 is 5.32 Å². The molecule has 2 heteroatoms. The molecule has 0 aromatic rings. The second-order valence-electron chi connectivity index (χ2n) is 6.63. The third kappa shape index (κ3) is 2.68. The van der Waals surface area contributed by atoms with Crippen molar-refractivity contribution in [3.8, 4) is 0 Å². The summed E-state index contributed by atoms with van der Waals surface area (Å²) in [7, 11) is 0. The molecule has 3 rings (SSSR count). The normalized spacial score (nSPS) is 42.9. The summed E-state index contributed by atoms with van der Waals surface area (Å²) in [6, 6.07) is 1.74. The lowest BCUT2D eigenvalue weighted by atomic mass is 9.94. The Morgan fingerprint density at radius 2 is 2.00 bits per heavy atom. The van der Waals surface area contributed by atoms with Crippen LogP contribution in [-0.2, 0) is 0 Å². The van der Waals surface area contributed by atoms with Crippen molar-refractivity contribution in [1.82, 2.24) is 10.2 Å². The van der Waals surface area contributed by atoms with Crippen LogP contribution in [0.1, 0.15) is 51.9 Å². The summed E-state index contributed by atoms with van der Waals surface area (Å²) in [5, 5.41) is 3.88. The van der Waals surface area contributed by atoms with Crippen molar-refractivity contribution in [2.24, 2.45) is 11.8 Å². The van der Waals surface area contributed by atoms with Gasteiger partial charge in [-0.3, -0.25) is 0 Å². The van der Waals surface area contributed by atoms with Gasteiger partial charge in [0.05, 0.1) is 0 Å². The second-order valence-corrected chi connectivity index (χ2v) is 6.63. The molecule has 17 heavy (non-hydrogen) atoms. The Labute approximate surface area is 106 Å². The fourth-order valence-corrected chi connectivity index (χ4v) is 4.25. The minimum Gasteiger partial charge on any atom is -0.314 e. The maximum absolute atomic E-state index is 3.88. The van der Waals surface area contributed by atoms with Crippen molar-refractivity contribution >= 4 is 0 Å². The molecule has 0 bridgehead atoms. The predicted molar refractivity (Wildman–Crippen MR) is 72.1 cm³/mol. The number of piperidine rings is 1. The van der Waals surface area contributed by atoms with Crippen molar-refractivity contribution in [3.05, 3.63) is 0 Å². The van der Waals surface area contributed by atoms with Gasteiger partial charge in [-0.1, -0.05) is 19.8 Å². The molecule has 2 heterocycles. The Bertz CT molecular complexity index is 253. The van der Waals surface area contributed by atoms with Gasteiger partial charge in [0.1, 0.15) is 0 Å². The zero-order chi connectivity index (χ0) is 11.7. The highest BCUT2D eigenvalue weighted by molar-refractivity contribution is 4.90. The van der Waals surface area contributed by atoms with Crippen LogP contribution in [0.4, 0.5) is 0 Å². The van der Waals surface area contributed by atoms with Crippen LogP contribution in [0.5, 0.6) is 0 Å². The summed E-state index contributed by atoms with van der Waals surface area (Å²) in [4.78, 5) is 2.72. The lowest BCUT2D eigenvalue weighted by Crippen LogP contribution is -2.46. The van der Waals surface area contributed by atoms with Gasteiger partial charge in [0.25, 0.3) is 0 Å². The third-order valence-corrected chi connectivity index (χ3v) is 5.53. The van der Waals surface area contributed by atoms with Gasteiger partial charge in [-0.15, -0.1) is 0 Å². The van der Waals surface area contributed by atoms with E-state index < -0.39 is 0 Å². The number of hydrogen-bond acceptors (Lipinski definition) is 2. The zero-order valence-electron chi connectivity index (χ0n) is 11.3. The standard InChI is InChI=1S/C15H28N2/c1-12-4-2-5-13(12)11-16-14-7-9-17-8-3-6-15(17)10-14/h12-16H,2-11H2,1H3. The monoisotopic (exact) mass is 236 g/mol. The van der Waals surface area contributed by atoms with E-state index in [1.54, 1.807) is 0 Å². The maximum atomic E-state index is 3.88. The van der Waals surface area contributed by atoms with Gasteiger partial charge in [0.15, 0.2) is 0 Å². The van der Waals surface area contributed by atoms with E-state index >= 15 is 0 Å². The predicted octanol–water partition coefficient (Wildman–Crippen LogP) is 2.64. The molecule has 0 amide bonds. The van der Waals surface area contributed by atoms with E-state index in [1.807, 2.05) is 0 Å². The molecule has 98 valence electrons. The zero-order valence-corrected chi connectivity index (χ0v) is 11.3. The van der Waals surface area contributed by atoms with Gasteiger partial charge >= 0.3 is 0 Å². The molecule has 4 unspecified atom stereocenters. The Morgan fingerprint density at radius 1 is 1.06 bits per heavy atom. The van der Waals surface area contributed by atoms with Crippen molar-refractivity contribution in [2.45, 2.75) is 64.0 Å². The van der Waals surface area contributed by atoms with Gasteiger partial charge in [-0.25, -0.2) is 0 Å². The molecular formula is C15H28N2. The number of nitrogens with zero attached hydrogens (tertiary/aromatic N) is 1. The number of nitrogens with one attached hydrogen (secondary N) is 1. The van der Waals surface area contributed by atoms with Crippen molar-refractivity contribution in [1.29, 1.82) is 0 Å². The molecule has 0 aromatic heterocycles. The fraction of sp³-hybridized carbons (Fsp3) is 1.00. The first kappa shape index (κ1) is 12.0. The van der Waals surface area contributed by atoms with E-state index in [0.29, 0.717) is 0 Å². The minimum atomic E-state index is 0.821. The molecule has 2 saturated heterocycles. The third-order valence-electron chi connectivity index (χ3n) is 5.53. The molecule has 0 aromatic carbocycles. The summed E-state index contributed by atoms with van der Waals surface area (Å²) < 4.78 is 0. The van der Waals surface area contributed by atoms with E-state index in [2.05, 4.69) is 17.1 Å². The van der Waals surface area contributed by atoms with Crippen LogP contribution in [0.3, 0.4) is 0 Å². The van der Waals surface area contributed by atoms with Gasteiger partial charge in [0, 0.05) is 12.1 Å². The molecule has 1 aliphatic carbocycles. The van der Waals surface area contributed by atoms with E-state index in [-0.39, 0.29) is 0 Å². The fourth-order valence-electron chi connectivity index (χ4n) is 4.25. The van der Waals surface area contributed by atoms with Crippen LogP contribution in [0.25, 0.3) is 0 Å². The van der Waals surface area contributed by atoms with E-state index in [1.165, 1.54) is 64.6 Å². The molecule has 3 aliphatic rings. The van der Waals surface area contributed by atoms with Crippen LogP contribution in [0, 0.1) is 11.8 Å². The van der Waals surface area contributed by atoms with Crippen LogP contribution in [-0.4, -0.2) is 36.6 Å². The molecule has 1 saturated carbocycles. The Morgan fingerprint density at radius 3 is 2.82 bits per heavy atom. The SMILES string of the molecule is CC1CCCC1CNC1CCN2CCCC2C1. The second kappa shape index (κ2) is 5.27. The lowest BCUT2D eigenvalue weighted by Gasteiger charge is -2.36. The molecule has 1 N–H and O–H groups in total. The highest BCUT2D eigenvalue weighted by atomic mass is 15.2. The number of rotatable bonds is 3. The summed E-state index contributed by atoms with van der Waals surface area (Å²) in [6.45, 7) is 6.46. The molecule has 4 atom stereocenters. The molecule has 0 radical (unpaired) electrons. The van der Waals surface area contributed by atoms with Gasteiger partial charge in [0.2, 0.25) is 0 Å². The largest absolute Gasteiger partial charge is 0.314 e. The summed E-state index contributed by atoms with van der Waals surface area (Å²) in [5.74, 6) is 1.94. The van der Waals surface area contributed by atoms with E-state index in [0.717, 1.165) is 23.9 Å². The lowest BCUT2D eigenvalue weighted by molar-refractivity contribution is 0.163. The maximum Gasteiger partial charge on any atom is 0.0111 e. The Kier molecular flexibility index (Phi) is 3.72. The van der Waals surface area contributed by atoms with Crippen LogP contribution in [0.2, 0.25) is 0 Å². The van der Waals surface area contributed by atoms with E-state index in [9.17, 15) is 0 Å². The minimum absolute atomic E-state index is 0.821. The summed E-state index contributed by atoms with van der Waals surface area (Å²) >= 11 is 0. The first-order valence-corrected chi connectivity index (χ1v) is 7.80. The first-order chi connectivity index (χ1) is 8.33. The van der Waals surface area contributed by atoms with Crippen molar-refractivity contribution < 1.29 is 0 Å². The summed E-state index contributed by atoms with van der Waals surface area (Å²) in [5.41, 5.74) is 0. The molecule has 3 fully saturated rings. The molecule has 2 nitrogen and oxygen atoms in total. The van der Waals surface area contributed by atoms with Crippen molar-refractivity contribution in [2.75, 3.05) is 19.6 Å². The topological polar surface area (TPSA) is 15.3 Å². The van der Waals surface area contributed by atoms with Crippen LogP contribution in [0.15, 0.2) is 0 Å². The molecular weight excluding hydrogens is 208 g/mol. The first-order valence-electron chi connectivity index (χ1n) is 7.80. The van der Waals surface area contributed by atoms with Crippen LogP contribution >= 0.6 is 0 Å². The average molecular weight is 236 g/mol. The van der Waals surface area contributed by atoms with Gasteiger partial charge in [-0.2, -0.15) is 0 Å². The highest BCUT2D eigenvalue weighted by Gasteiger charge is 2.32. The highest BCUT2D eigenvalue weighted by Crippen LogP contribution is 2.31. The number of fused-ring (bicyclic) bond motifs is 1. The van der Waals surface area contributed by atoms with Crippen molar-refractivity contribution in [3.63, 3.8) is 0 Å². The number of hydrogen-bond donors (Lipinski definition) is 1. The smallest absolute Gasteiger partial charge is 0.0111 e. The Balaban J connectivity index is 1.43. The quantitative estimate of drug-likeness (QED) is 0.810. The molecule has 2 aliphatic heterocycles.